The molecule has 2 aromatic carbocycles. The first kappa shape index (κ1) is 18.7. The summed E-state index contributed by atoms with van der Waals surface area (Å²) in [7, 11) is 0. The molecule has 1 aliphatic carbocycles. The highest BCUT2D eigenvalue weighted by molar-refractivity contribution is 5.81. The van der Waals surface area contributed by atoms with E-state index in [-0.39, 0.29) is 11.8 Å². The Labute approximate surface area is 157 Å². The van der Waals surface area contributed by atoms with Crippen LogP contribution in [0.1, 0.15) is 75.8 Å². The van der Waals surface area contributed by atoms with E-state index in [1.807, 2.05) is 0 Å². The van der Waals surface area contributed by atoms with E-state index in [4.69, 9.17) is 0 Å². The van der Waals surface area contributed by atoms with Crippen molar-refractivity contribution in [2.45, 2.75) is 70.1 Å². The van der Waals surface area contributed by atoms with Crippen LogP contribution in [-0.4, -0.2) is 11.1 Å². The van der Waals surface area contributed by atoms with Gasteiger partial charge in [0.2, 0.25) is 0 Å². The molecule has 0 saturated heterocycles. The van der Waals surface area contributed by atoms with Gasteiger partial charge in [0, 0.05) is 11.8 Å². The van der Waals surface area contributed by atoms with Crippen molar-refractivity contribution in [2.24, 2.45) is 0 Å². The minimum Gasteiger partial charge on any atom is -0.481 e. The normalized spacial score (nSPS) is 14.0. The molecule has 138 valence electrons. The Hall–Kier alpha value is -2.09. The summed E-state index contributed by atoms with van der Waals surface area (Å²) in [5.74, 6) is -0.700. The lowest BCUT2D eigenvalue weighted by Crippen LogP contribution is -2.26. The molecule has 1 N–H and O–H groups in total. The summed E-state index contributed by atoms with van der Waals surface area (Å²) in [4.78, 5) is 11.4. The first-order valence-electron chi connectivity index (χ1n) is 10.1. The summed E-state index contributed by atoms with van der Waals surface area (Å²) in [6.45, 7) is 2.24. The minimum absolute atomic E-state index is 0.143. The van der Waals surface area contributed by atoms with Gasteiger partial charge in [-0.05, 0) is 35.1 Å². The molecule has 0 heterocycles. The molecule has 0 amide bonds. The third-order valence-corrected chi connectivity index (χ3v) is 5.90. The van der Waals surface area contributed by atoms with Crippen molar-refractivity contribution in [1.82, 2.24) is 0 Å². The van der Waals surface area contributed by atoms with Crippen LogP contribution < -0.4 is 0 Å². The predicted molar refractivity (Wildman–Crippen MR) is 108 cm³/mol. The SMILES string of the molecule is CCCCCCCCC1(CCC(=O)O)c2ccccc2-c2ccccc21. The Kier molecular flexibility index (Phi) is 6.13. The molecule has 2 heteroatoms. The zero-order valence-electron chi connectivity index (χ0n) is 15.8. The molecule has 1 aliphatic rings. The Bertz CT molecular complexity index is 702. The average Bonchev–Trinajstić information content (AvgIpc) is 2.94. The van der Waals surface area contributed by atoms with E-state index in [1.54, 1.807) is 0 Å². The van der Waals surface area contributed by atoms with Gasteiger partial charge in [-0.25, -0.2) is 0 Å². The highest BCUT2D eigenvalue weighted by Crippen LogP contribution is 2.53. The molecule has 0 aromatic heterocycles. The third kappa shape index (κ3) is 3.70. The fraction of sp³-hybridized carbons (Fsp3) is 0.458. The molecule has 2 nitrogen and oxygen atoms in total. The van der Waals surface area contributed by atoms with Gasteiger partial charge in [-0.3, -0.25) is 4.79 Å². The monoisotopic (exact) mass is 350 g/mol. The summed E-state index contributed by atoms with van der Waals surface area (Å²) < 4.78 is 0. The molecule has 26 heavy (non-hydrogen) atoms. The van der Waals surface area contributed by atoms with Crippen LogP contribution in [0, 0.1) is 0 Å². The zero-order chi connectivity index (χ0) is 18.4. The average molecular weight is 351 g/mol. The van der Waals surface area contributed by atoms with Crippen molar-refractivity contribution >= 4 is 5.97 Å². The molecule has 0 spiro atoms. The van der Waals surface area contributed by atoms with E-state index in [0.717, 1.165) is 12.8 Å². The molecule has 3 rings (SSSR count). The van der Waals surface area contributed by atoms with Crippen LogP contribution in [0.2, 0.25) is 0 Å². The lowest BCUT2D eigenvalue weighted by atomic mass is 9.71. The van der Waals surface area contributed by atoms with E-state index >= 15 is 0 Å². The number of carboxylic acids is 1. The summed E-state index contributed by atoms with van der Waals surface area (Å²) >= 11 is 0. The molecule has 0 fully saturated rings. The van der Waals surface area contributed by atoms with Gasteiger partial charge in [0.05, 0.1) is 0 Å². The third-order valence-electron chi connectivity index (χ3n) is 5.90. The van der Waals surface area contributed by atoms with Crippen molar-refractivity contribution in [1.29, 1.82) is 0 Å². The molecule has 0 atom stereocenters. The summed E-state index contributed by atoms with van der Waals surface area (Å²) in [5.41, 5.74) is 5.10. The maximum Gasteiger partial charge on any atom is 0.303 e. The quantitative estimate of drug-likeness (QED) is 0.492. The fourth-order valence-corrected chi connectivity index (χ4v) is 4.61. The van der Waals surface area contributed by atoms with Crippen LogP contribution in [0.4, 0.5) is 0 Å². The molecule has 0 aliphatic heterocycles. The lowest BCUT2D eigenvalue weighted by molar-refractivity contribution is -0.137. The smallest absolute Gasteiger partial charge is 0.303 e. The van der Waals surface area contributed by atoms with E-state index in [1.165, 1.54) is 54.4 Å². The van der Waals surface area contributed by atoms with Gasteiger partial charge in [0.15, 0.2) is 0 Å². The van der Waals surface area contributed by atoms with Crippen molar-refractivity contribution in [3.63, 3.8) is 0 Å². The van der Waals surface area contributed by atoms with Crippen LogP contribution in [0.3, 0.4) is 0 Å². The second-order valence-corrected chi connectivity index (χ2v) is 7.58. The highest BCUT2D eigenvalue weighted by Gasteiger charge is 2.42. The standard InChI is InChI=1S/C24H30O2/c1-2-3-4-5-6-11-17-24(18-16-23(25)26)21-14-9-7-12-19(21)20-13-8-10-15-22(20)24/h7-10,12-15H,2-6,11,16-18H2,1H3,(H,25,26). The van der Waals surface area contributed by atoms with Crippen molar-refractivity contribution in [3.8, 4) is 11.1 Å². The van der Waals surface area contributed by atoms with Gasteiger partial charge in [-0.1, -0.05) is 94.0 Å². The van der Waals surface area contributed by atoms with Gasteiger partial charge in [-0.15, -0.1) is 0 Å². The van der Waals surface area contributed by atoms with E-state index < -0.39 is 5.97 Å². The number of unbranched alkanes of at least 4 members (excludes halogenated alkanes) is 5. The Morgan fingerprint density at radius 2 is 1.35 bits per heavy atom. The number of carboxylic acid groups (broad SMARTS) is 1. The van der Waals surface area contributed by atoms with Gasteiger partial charge in [0.25, 0.3) is 0 Å². The van der Waals surface area contributed by atoms with Gasteiger partial charge in [0.1, 0.15) is 0 Å². The van der Waals surface area contributed by atoms with Crippen LogP contribution in [0.5, 0.6) is 0 Å². The number of hydrogen-bond acceptors (Lipinski definition) is 1. The summed E-state index contributed by atoms with van der Waals surface area (Å²) in [6, 6.07) is 17.2. The molecule has 0 unspecified atom stereocenters. The van der Waals surface area contributed by atoms with Crippen LogP contribution >= 0.6 is 0 Å². The van der Waals surface area contributed by atoms with E-state index in [2.05, 4.69) is 55.5 Å². The zero-order valence-corrected chi connectivity index (χ0v) is 15.8. The molecule has 2 aromatic rings. The van der Waals surface area contributed by atoms with Crippen LogP contribution in [0.25, 0.3) is 11.1 Å². The topological polar surface area (TPSA) is 37.3 Å². The van der Waals surface area contributed by atoms with Crippen LogP contribution in [0.15, 0.2) is 48.5 Å². The first-order valence-corrected chi connectivity index (χ1v) is 10.1. The molecule has 0 bridgehead atoms. The Morgan fingerprint density at radius 1 is 0.808 bits per heavy atom. The molecular weight excluding hydrogens is 320 g/mol. The minimum atomic E-state index is -0.700. The second kappa shape index (κ2) is 8.53. The lowest BCUT2D eigenvalue weighted by Gasteiger charge is -2.32. The molecular formula is C24H30O2. The van der Waals surface area contributed by atoms with Gasteiger partial charge >= 0.3 is 5.97 Å². The largest absolute Gasteiger partial charge is 0.481 e. The predicted octanol–water partition coefficient (Wildman–Crippen LogP) is 6.57. The molecule has 0 radical (unpaired) electrons. The second-order valence-electron chi connectivity index (χ2n) is 7.58. The number of hydrogen-bond donors (Lipinski definition) is 1. The van der Waals surface area contributed by atoms with E-state index in [0.29, 0.717) is 6.42 Å². The maximum absolute atomic E-state index is 11.4. The number of aliphatic carboxylic acids is 1. The fourth-order valence-electron chi connectivity index (χ4n) is 4.61. The van der Waals surface area contributed by atoms with Crippen molar-refractivity contribution < 1.29 is 9.90 Å². The number of benzene rings is 2. The van der Waals surface area contributed by atoms with Gasteiger partial charge < -0.3 is 5.11 Å². The maximum atomic E-state index is 11.4. The van der Waals surface area contributed by atoms with Crippen molar-refractivity contribution in [2.75, 3.05) is 0 Å². The Morgan fingerprint density at radius 3 is 1.92 bits per heavy atom. The van der Waals surface area contributed by atoms with E-state index in [9.17, 15) is 9.90 Å². The summed E-state index contributed by atoms with van der Waals surface area (Å²) in [5, 5.41) is 9.35. The number of carbonyl (C=O) groups is 1. The number of rotatable bonds is 10. The van der Waals surface area contributed by atoms with Crippen LogP contribution in [-0.2, 0) is 10.2 Å². The highest BCUT2D eigenvalue weighted by atomic mass is 16.4. The number of fused-ring (bicyclic) bond motifs is 3. The van der Waals surface area contributed by atoms with Crippen molar-refractivity contribution in [3.05, 3.63) is 59.7 Å². The Balaban J connectivity index is 1.89. The first-order chi connectivity index (χ1) is 12.7. The molecule has 0 saturated carbocycles. The summed E-state index contributed by atoms with van der Waals surface area (Å²) in [6.07, 6.45) is 9.52. The van der Waals surface area contributed by atoms with Gasteiger partial charge in [-0.2, -0.15) is 0 Å².